The summed E-state index contributed by atoms with van der Waals surface area (Å²) in [6.45, 7) is 6.80. The molecule has 0 fully saturated rings. The first kappa shape index (κ1) is 12.6. The van der Waals surface area contributed by atoms with E-state index < -0.39 is 4.92 Å². The van der Waals surface area contributed by atoms with E-state index in [9.17, 15) is 10.1 Å². The van der Waals surface area contributed by atoms with E-state index in [0.717, 1.165) is 5.57 Å². The largest absolute Gasteiger partial charge is 0.396 e. The Labute approximate surface area is 83.4 Å². The third kappa shape index (κ3) is 3.53. The molecule has 0 aromatic heterocycles. The Kier molecular flexibility index (Phi) is 5.48. The predicted octanol–water partition coefficient (Wildman–Crippen LogP) is 2.05. The number of hydrogen-bond donors (Lipinski definition) is 1. The smallest absolute Gasteiger partial charge is 0.265 e. The molecule has 0 aliphatic heterocycles. The number of hydrogen-bond acceptors (Lipinski definition) is 3. The lowest BCUT2D eigenvalue weighted by Gasteiger charge is -2.04. The summed E-state index contributed by atoms with van der Waals surface area (Å²) in [7, 11) is 0. The van der Waals surface area contributed by atoms with Crippen molar-refractivity contribution in [3.05, 3.63) is 45.7 Å². The maximum atomic E-state index is 10.4. The molecule has 0 atom stereocenters. The summed E-state index contributed by atoms with van der Waals surface area (Å²) < 4.78 is 0. The molecule has 0 unspecified atom stereocenters. The molecule has 0 spiro atoms. The van der Waals surface area contributed by atoms with Crippen LogP contribution in [0, 0.1) is 10.1 Å². The van der Waals surface area contributed by atoms with Gasteiger partial charge in [-0.1, -0.05) is 12.2 Å². The van der Waals surface area contributed by atoms with Crippen LogP contribution in [0.2, 0.25) is 0 Å². The average Bonchev–Trinajstić information content (AvgIpc) is 2.15. The first-order valence-electron chi connectivity index (χ1n) is 4.31. The van der Waals surface area contributed by atoms with E-state index in [2.05, 4.69) is 6.58 Å². The molecule has 1 N–H and O–H groups in total. The number of nitrogens with zero attached hydrogens (tertiary/aromatic N) is 1. The number of nitro groups is 1. The molecule has 0 aromatic carbocycles. The van der Waals surface area contributed by atoms with Crippen LogP contribution in [0.4, 0.5) is 0 Å². The summed E-state index contributed by atoms with van der Waals surface area (Å²) in [5, 5.41) is 19.2. The van der Waals surface area contributed by atoms with Crippen LogP contribution in [0.3, 0.4) is 0 Å². The minimum atomic E-state index is -0.518. The molecule has 0 bridgehead atoms. The zero-order valence-corrected chi connectivity index (χ0v) is 8.49. The topological polar surface area (TPSA) is 63.4 Å². The number of rotatable bonds is 5. The van der Waals surface area contributed by atoms with Gasteiger partial charge in [-0.2, -0.15) is 0 Å². The summed E-state index contributed by atoms with van der Waals surface area (Å²) in [5.74, 6) is 0. The molecule has 4 heteroatoms. The van der Waals surface area contributed by atoms with Crippen molar-refractivity contribution in [2.45, 2.75) is 20.3 Å². The molecular weight excluding hydrogens is 182 g/mol. The van der Waals surface area contributed by atoms with Gasteiger partial charge in [0.25, 0.3) is 5.70 Å². The van der Waals surface area contributed by atoms with E-state index in [-0.39, 0.29) is 12.3 Å². The zero-order valence-electron chi connectivity index (χ0n) is 8.49. The lowest BCUT2D eigenvalue weighted by Crippen LogP contribution is -2.01. The molecule has 4 nitrogen and oxygen atoms in total. The first-order valence-corrected chi connectivity index (χ1v) is 4.31. The fourth-order valence-electron chi connectivity index (χ4n) is 1.04. The van der Waals surface area contributed by atoms with Gasteiger partial charge in [-0.25, -0.2) is 0 Å². The van der Waals surface area contributed by atoms with Gasteiger partial charge in [0.05, 0.1) is 4.92 Å². The van der Waals surface area contributed by atoms with Crippen molar-refractivity contribution in [3.8, 4) is 0 Å². The molecular formula is C10H15NO3. The van der Waals surface area contributed by atoms with Gasteiger partial charge in [0.15, 0.2) is 0 Å². The van der Waals surface area contributed by atoms with Gasteiger partial charge < -0.3 is 5.11 Å². The van der Waals surface area contributed by atoms with Crippen molar-refractivity contribution in [2.75, 3.05) is 6.61 Å². The molecule has 0 saturated carbocycles. The summed E-state index contributed by atoms with van der Waals surface area (Å²) in [5.41, 5.74) is 1.14. The van der Waals surface area contributed by atoms with Crippen molar-refractivity contribution >= 4 is 0 Å². The SMILES string of the molecule is C=C(/C(C)=C(\C=C/C)CCO)[N+](=O)[O-]. The minimum Gasteiger partial charge on any atom is -0.396 e. The second-order valence-corrected chi connectivity index (χ2v) is 2.83. The lowest BCUT2D eigenvalue weighted by atomic mass is 10.0. The van der Waals surface area contributed by atoms with Crippen molar-refractivity contribution in [2.24, 2.45) is 0 Å². The van der Waals surface area contributed by atoms with Gasteiger partial charge >= 0.3 is 0 Å². The Morgan fingerprint density at radius 2 is 2.21 bits per heavy atom. The number of aliphatic hydroxyl groups excluding tert-OH is 1. The Morgan fingerprint density at radius 1 is 1.64 bits per heavy atom. The molecule has 0 heterocycles. The van der Waals surface area contributed by atoms with Crippen LogP contribution in [0.15, 0.2) is 35.6 Å². The number of allylic oxidation sites excluding steroid dienone is 3. The molecule has 0 aliphatic carbocycles. The Morgan fingerprint density at radius 3 is 2.57 bits per heavy atom. The molecule has 0 aliphatic rings. The standard InChI is InChI=1S/C10H15NO3/c1-4-5-10(6-7-12)8(2)9(3)11(13)14/h4-5,12H,3,6-7H2,1-2H3/b5-4-,10-8+. The third-order valence-electron chi connectivity index (χ3n) is 1.88. The highest BCUT2D eigenvalue weighted by Crippen LogP contribution is 2.17. The van der Waals surface area contributed by atoms with E-state index in [1.807, 2.05) is 6.92 Å². The molecule has 0 aromatic rings. The van der Waals surface area contributed by atoms with Crippen LogP contribution in [0.25, 0.3) is 0 Å². The van der Waals surface area contributed by atoms with Gasteiger partial charge in [-0.05, 0) is 32.4 Å². The van der Waals surface area contributed by atoms with Crippen molar-refractivity contribution in [1.29, 1.82) is 0 Å². The minimum absolute atomic E-state index is 0.0258. The Balaban J connectivity index is 4.97. The molecule has 0 rings (SSSR count). The normalized spacial score (nSPS) is 12.8. The second kappa shape index (κ2) is 6.10. The molecule has 0 amide bonds. The van der Waals surface area contributed by atoms with Gasteiger partial charge in [0, 0.05) is 12.2 Å². The molecule has 0 saturated heterocycles. The van der Waals surface area contributed by atoms with E-state index >= 15 is 0 Å². The van der Waals surface area contributed by atoms with Crippen LogP contribution >= 0.6 is 0 Å². The van der Waals surface area contributed by atoms with E-state index in [1.165, 1.54) is 0 Å². The molecule has 78 valence electrons. The third-order valence-corrected chi connectivity index (χ3v) is 1.88. The fourth-order valence-corrected chi connectivity index (χ4v) is 1.04. The van der Waals surface area contributed by atoms with Crippen LogP contribution in [0.5, 0.6) is 0 Å². The molecule has 0 radical (unpaired) electrons. The van der Waals surface area contributed by atoms with Crippen LogP contribution < -0.4 is 0 Å². The lowest BCUT2D eigenvalue weighted by molar-refractivity contribution is -0.420. The van der Waals surface area contributed by atoms with Crippen LogP contribution in [-0.4, -0.2) is 16.6 Å². The average molecular weight is 197 g/mol. The highest BCUT2D eigenvalue weighted by Gasteiger charge is 2.12. The summed E-state index contributed by atoms with van der Waals surface area (Å²) in [4.78, 5) is 9.92. The fraction of sp³-hybridized carbons (Fsp3) is 0.400. The van der Waals surface area contributed by atoms with Gasteiger partial charge in [-0.15, -0.1) is 0 Å². The maximum Gasteiger partial charge on any atom is 0.265 e. The van der Waals surface area contributed by atoms with Gasteiger partial charge in [0.2, 0.25) is 0 Å². The van der Waals surface area contributed by atoms with E-state index in [0.29, 0.717) is 12.0 Å². The predicted molar refractivity (Wildman–Crippen MR) is 55.4 cm³/mol. The van der Waals surface area contributed by atoms with Gasteiger partial charge in [-0.3, -0.25) is 10.1 Å². The highest BCUT2D eigenvalue weighted by atomic mass is 16.6. The molecule has 14 heavy (non-hydrogen) atoms. The monoisotopic (exact) mass is 197 g/mol. The Hall–Kier alpha value is -1.42. The summed E-state index contributed by atoms with van der Waals surface area (Å²) in [6.07, 6.45) is 3.94. The first-order chi connectivity index (χ1) is 6.54. The zero-order chi connectivity index (χ0) is 11.1. The van der Waals surface area contributed by atoms with Crippen LogP contribution in [0.1, 0.15) is 20.3 Å². The second-order valence-electron chi connectivity index (χ2n) is 2.83. The van der Waals surface area contributed by atoms with E-state index in [1.54, 1.807) is 19.1 Å². The van der Waals surface area contributed by atoms with Gasteiger partial charge in [0.1, 0.15) is 0 Å². The van der Waals surface area contributed by atoms with Crippen molar-refractivity contribution < 1.29 is 10.0 Å². The van der Waals surface area contributed by atoms with Crippen molar-refractivity contribution in [3.63, 3.8) is 0 Å². The van der Waals surface area contributed by atoms with E-state index in [4.69, 9.17) is 5.11 Å². The summed E-state index contributed by atoms with van der Waals surface area (Å²) in [6, 6.07) is 0. The quantitative estimate of drug-likeness (QED) is 0.417. The van der Waals surface area contributed by atoms with Crippen molar-refractivity contribution in [1.82, 2.24) is 0 Å². The highest BCUT2D eigenvalue weighted by molar-refractivity contribution is 5.33. The summed E-state index contributed by atoms with van der Waals surface area (Å²) >= 11 is 0. The van der Waals surface area contributed by atoms with Crippen LogP contribution in [-0.2, 0) is 0 Å². The number of aliphatic hydroxyl groups is 1. The Bertz CT molecular complexity index is 290. The maximum absolute atomic E-state index is 10.4.